The zero-order chi connectivity index (χ0) is 19.9. The molecule has 0 bridgehead atoms. The Bertz CT molecular complexity index is 726. The molecule has 0 radical (unpaired) electrons. The topological polar surface area (TPSA) is 43.0 Å². The van der Waals surface area contributed by atoms with Crippen LogP contribution >= 0.6 is 0 Å². The second kappa shape index (κ2) is 10.2. The van der Waals surface area contributed by atoms with Crippen LogP contribution in [0, 0.1) is 5.92 Å². The SMILES string of the molecule is COc1ccc([C@H](NC[C@@H]([C@H]2CCOC2)N2CCOCC2)c2ccccc2)cc1. The van der Waals surface area contributed by atoms with Crippen LogP contribution < -0.4 is 10.1 Å². The third kappa shape index (κ3) is 5.17. The highest BCUT2D eigenvalue weighted by atomic mass is 16.5. The molecular weight excluding hydrogens is 364 g/mol. The maximum atomic E-state index is 5.73. The molecule has 3 atom stereocenters. The lowest BCUT2D eigenvalue weighted by Crippen LogP contribution is -2.52. The molecule has 0 unspecified atom stereocenters. The number of hydrogen-bond donors (Lipinski definition) is 1. The number of methoxy groups -OCH3 is 1. The van der Waals surface area contributed by atoms with E-state index in [9.17, 15) is 0 Å². The van der Waals surface area contributed by atoms with Gasteiger partial charge in [-0.05, 0) is 29.7 Å². The van der Waals surface area contributed by atoms with Crippen molar-refractivity contribution in [3.05, 3.63) is 65.7 Å². The molecule has 2 saturated heterocycles. The highest BCUT2D eigenvalue weighted by Gasteiger charge is 2.32. The number of nitrogens with zero attached hydrogens (tertiary/aromatic N) is 1. The molecule has 2 aromatic rings. The maximum absolute atomic E-state index is 5.73. The fraction of sp³-hybridized carbons (Fsp3) is 0.500. The second-order valence-corrected chi connectivity index (χ2v) is 7.86. The summed E-state index contributed by atoms with van der Waals surface area (Å²) in [7, 11) is 1.71. The summed E-state index contributed by atoms with van der Waals surface area (Å²) in [6.45, 7) is 6.33. The van der Waals surface area contributed by atoms with E-state index in [0.29, 0.717) is 12.0 Å². The van der Waals surface area contributed by atoms with Gasteiger partial charge in [0, 0.05) is 38.2 Å². The highest BCUT2D eigenvalue weighted by Crippen LogP contribution is 2.26. The van der Waals surface area contributed by atoms with E-state index in [1.54, 1.807) is 7.11 Å². The molecule has 0 aromatic heterocycles. The van der Waals surface area contributed by atoms with Gasteiger partial charge in [0.1, 0.15) is 5.75 Å². The minimum atomic E-state index is 0.146. The van der Waals surface area contributed by atoms with Gasteiger partial charge in [0.2, 0.25) is 0 Å². The van der Waals surface area contributed by atoms with Crippen molar-refractivity contribution in [3.8, 4) is 5.75 Å². The molecule has 4 rings (SSSR count). The Labute approximate surface area is 174 Å². The average molecular weight is 397 g/mol. The predicted molar refractivity (Wildman–Crippen MR) is 114 cm³/mol. The summed E-state index contributed by atoms with van der Waals surface area (Å²) in [6, 6.07) is 19.7. The molecule has 0 spiro atoms. The molecule has 2 aliphatic heterocycles. The number of benzene rings is 2. The Morgan fingerprint density at radius 2 is 1.69 bits per heavy atom. The molecule has 29 heavy (non-hydrogen) atoms. The molecular formula is C24H32N2O3. The summed E-state index contributed by atoms with van der Waals surface area (Å²) in [5.41, 5.74) is 2.53. The monoisotopic (exact) mass is 396 g/mol. The average Bonchev–Trinajstić information content (AvgIpc) is 3.33. The van der Waals surface area contributed by atoms with Crippen molar-refractivity contribution in [1.82, 2.24) is 10.2 Å². The summed E-state index contributed by atoms with van der Waals surface area (Å²) in [4.78, 5) is 2.59. The van der Waals surface area contributed by atoms with Crippen LogP contribution in [0.1, 0.15) is 23.6 Å². The van der Waals surface area contributed by atoms with Gasteiger partial charge < -0.3 is 19.5 Å². The van der Waals surface area contributed by atoms with Crippen molar-refractivity contribution in [2.24, 2.45) is 5.92 Å². The Kier molecular flexibility index (Phi) is 7.17. The molecule has 0 amide bonds. The summed E-state index contributed by atoms with van der Waals surface area (Å²) in [6.07, 6.45) is 1.14. The van der Waals surface area contributed by atoms with E-state index in [0.717, 1.165) is 58.2 Å². The Morgan fingerprint density at radius 1 is 0.966 bits per heavy atom. The van der Waals surface area contributed by atoms with E-state index < -0.39 is 0 Å². The molecule has 5 heteroatoms. The van der Waals surface area contributed by atoms with E-state index in [1.807, 2.05) is 12.1 Å². The van der Waals surface area contributed by atoms with Crippen molar-refractivity contribution in [3.63, 3.8) is 0 Å². The standard InChI is InChI=1S/C24H32N2O3/c1-27-22-9-7-20(8-10-22)24(19-5-3-2-4-6-19)25-17-23(21-11-14-29-18-21)26-12-15-28-16-13-26/h2-10,21,23-25H,11-18H2,1H3/t21-,23-,24+/m0/s1. The zero-order valence-electron chi connectivity index (χ0n) is 17.3. The minimum absolute atomic E-state index is 0.146. The Morgan fingerprint density at radius 3 is 2.34 bits per heavy atom. The number of hydrogen-bond acceptors (Lipinski definition) is 5. The fourth-order valence-electron chi connectivity index (χ4n) is 4.47. The van der Waals surface area contributed by atoms with Crippen molar-refractivity contribution in [1.29, 1.82) is 0 Å². The van der Waals surface area contributed by atoms with E-state index in [-0.39, 0.29) is 6.04 Å². The van der Waals surface area contributed by atoms with E-state index in [1.165, 1.54) is 11.1 Å². The number of ether oxygens (including phenoxy) is 3. The first-order valence-corrected chi connectivity index (χ1v) is 10.7. The first kappa shape index (κ1) is 20.4. The largest absolute Gasteiger partial charge is 0.497 e. The van der Waals surface area contributed by atoms with Crippen molar-refractivity contribution in [2.75, 3.05) is 53.2 Å². The van der Waals surface area contributed by atoms with Gasteiger partial charge in [-0.15, -0.1) is 0 Å². The van der Waals surface area contributed by atoms with Crippen LogP contribution in [0.3, 0.4) is 0 Å². The van der Waals surface area contributed by atoms with Crippen molar-refractivity contribution < 1.29 is 14.2 Å². The van der Waals surface area contributed by atoms with Gasteiger partial charge in [0.15, 0.2) is 0 Å². The molecule has 0 saturated carbocycles. The summed E-state index contributed by atoms with van der Waals surface area (Å²) >= 11 is 0. The number of rotatable bonds is 8. The molecule has 2 aromatic carbocycles. The maximum Gasteiger partial charge on any atom is 0.118 e. The van der Waals surface area contributed by atoms with Crippen LogP contribution in [-0.2, 0) is 9.47 Å². The van der Waals surface area contributed by atoms with Crippen molar-refractivity contribution in [2.45, 2.75) is 18.5 Å². The molecule has 2 heterocycles. The summed E-state index contributed by atoms with van der Waals surface area (Å²) in [5.74, 6) is 1.46. The fourth-order valence-corrected chi connectivity index (χ4v) is 4.47. The molecule has 156 valence electrons. The van der Waals surface area contributed by atoms with Gasteiger partial charge in [0.25, 0.3) is 0 Å². The van der Waals surface area contributed by atoms with Gasteiger partial charge in [-0.2, -0.15) is 0 Å². The second-order valence-electron chi connectivity index (χ2n) is 7.86. The van der Waals surface area contributed by atoms with Crippen LogP contribution in [0.15, 0.2) is 54.6 Å². The Balaban J connectivity index is 1.53. The highest BCUT2D eigenvalue weighted by molar-refractivity contribution is 5.35. The smallest absolute Gasteiger partial charge is 0.118 e. The zero-order valence-corrected chi connectivity index (χ0v) is 17.3. The Hall–Kier alpha value is -1.92. The quantitative estimate of drug-likeness (QED) is 0.743. The van der Waals surface area contributed by atoms with Gasteiger partial charge in [0.05, 0.1) is 33.0 Å². The lowest BCUT2D eigenvalue weighted by molar-refractivity contribution is 0.00104. The van der Waals surface area contributed by atoms with Gasteiger partial charge in [-0.3, -0.25) is 4.90 Å². The van der Waals surface area contributed by atoms with Crippen LogP contribution in [0.25, 0.3) is 0 Å². The summed E-state index contributed by atoms with van der Waals surface area (Å²) in [5, 5.41) is 3.89. The van der Waals surface area contributed by atoms with Crippen LogP contribution in [-0.4, -0.2) is 64.1 Å². The summed E-state index contributed by atoms with van der Waals surface area (Å²) < 4.78 is 16.7. The third-order valence-corrected chi connectivity index (χ3v) is 6.14. The number of nitrogens with one attached hydrogen (secondary N) is 1. The van der Waals surface area contributed by atoms with Gasteiger partial charge >= 0.3 is 0 Å². The lowest BCUT2D eigenvalue weighted by atomic mass is 9.94. The first-order valence-electron chi connectivity index (χ1n) is 10.7. The molecule has 1 N–H and O–H groups in total. The van der Waals surface area contributed by atoms with Crippen LogP contribution in [0.4, 0.5) is 0 Å². The van der Waals surface area contributed by atoms with Gasteiger partial charge in [-0.1, -0.05) is 42.5 Å². The normalized spacial score (nSPS) is 22.3. The molecule has 0 aliphatic carbocycles. The molecule has 2 fully saturated rings. The first-order chi connectivity index (χ1) is 14.3. The van der Waals surface area contributed by atoms with E-state index >= 15 is 0 Å². The minimum Gasteiger partial charge on any atom is -0.497 e. The number of morpholine rings is 1. The third-order valence-electron chi connectivity index (χ3n) is 6.14. The molecule has 5 nitrogen and oxygen atoms in total. The predicted octanol–water partition coefficient (Wildman–Crippen LogP) is 3.11. The van der Waals surface area contributed by atoms with Crippen molar-refractivity contribution >= 4 is 0 Å². The molecule has 2 aliphatic rings. The van der Waals surface area contributed by atoms with Crippen LogP contribution in [0.5, 0.6) is 5.75 Å². The van der Waals surface area contributed by atoms with Gasteiger partial charge in [-0.25, -0.2) is 0 Å². The van der Waals surface area contributed by atoms with Crippen LogP contribution in [0.2, 0.25) is 0 Å². The van der Waals surface area contributed by atoms with E-state index in [2.05, 4.69) is 52.7 Å². The van der Waals surface area contributed by atoms with E-state index in [4.69, 9.17) is 14.2 Å². The lowest BCUT2D eigenvalue weighted by Gasteiger charge is -2.38.